The maximum atomic E-state index is 13.1. The molecule has 0 atom stereocenters. The molecule has 168 valence electrons. The van der Waals surface area contributed by atoms with Gasteiger partial charge in [0.1, 0.15) is 0 Å². The van der Waals surface area contributed by atoms with Crippen LogP contribution >= 0.6 is 0 Å². The highest BCUT2D eigenvalue weighted by Crippen LogP contribution is 2.20. The number of carbonyl (C=O) groups is 4. The van der Waals surface area contributed by atoms with Crippen molar-refractivity contribution in [3.05, 3.63) is 59.7 Å². The van der Waals surface area contributed by atoms with Crippen LogP contribution in [0.25, 0.3) is 0 Å². The summed E-state index contributed by atoms with van der Waals surface area (Å²) in [5.41, 5.74) is 1.76. The summed E-state index contributed by atoms with van der Waals surface area (Å²) in [4.78, 5) is 52.0. The molecule has 1 aliphatic heterocycles. The average molecular weight is 438 g/mol. The first-order chi connectivity index (χ1) is 15.4. The number of rotatable bonds is 5. The van der Waals surface area contributed by atoms with Crippen molar-refractivity contribution < 1.29 is 23.9 Å². The van der Waals surface area contributed by atoms with E-state index in [9.17, 15) is 19.2 Å². The molecule has 32 heavy (non-hydrogen) atoms. The highest BCUT2D eigenvalue weighted by Gasteiger charge is 2.27. The summed E-state index contributed by atoms with van der Waals surface area (Å²) in [6.07, 6.45) is -0.378. The SMILES string of the molecule is CCOC(=O)N1CCN(C(=O)c2ccccc2NC(=O)c2ccc(NC(C)=O)cc2)CC1. The third kappa shape index (κ3) is 5.63. The summed E-state index contributed by atoms with van der Waals surface area (Å²) in [7, 11) is 0. The number of nitrogens with zero attached hydrogens (tertiary/aromatic N) is 2. The molecule has 4 amide bonds. The average Bonchev–Trinajstić information content (AvgIpc) is 2.79. The highest BCUT2D eigenvalue weighted by molar-refractivity contribution is 6.09. The molecule has 2 aromatic carbocycles. The first-order valence-corrected chi connectivity index (χ1v) is 10.4. The van der Waals surface area contributed by atoms with Crippen LogP contribution in [-0.2, 0) is 9.53 Å². The van der Waals surface area contributed by atoms with Gasteiger partial charge in [0.25, 0.3) is 11.8 Å². The fourth-order valence-corrected chi connectivity index (χ4v) is 3.36. The zero-order valence-corrected chi connectivity index (χ0v) is 18.1. The van der Waals surface area contributed by atoms with Gasteiger partial charge in [-0.3, -0.25) is 14.4 Å². The molecule has 1 heterocycles. The van der Waals surface area contributed by atoms with Gasteiger partial charge in [0, 0.05) is 44.4 Å². The van der Waals surface area contributed by atoms with Crippen LogP contribution in [0.1, 0.15) is 34.6 Å². The van der Waals surface area contributed by atoms with Gasteiger partial charge >= 0.3 is 6.09 Å². The number of para-hydroxylation sites is 1. The maximum absolute atomic E-state index is 13.1. The van der Waals surface area contributed by atoms with Gasteiger partial charge in [-0.1, -0.05) is 12.1 Å². The number of nitrogens with one attached hydrogen (secondary N) is 2. The van der Waals surface area contributed by atoms with Gasteiger partial charge in [-0.25, -0.2) is 4.79 Å². The van der Waals surface area contributed by atoms with Gasteiger partial charge in [-0.05, 0) is 43.3 Å². The molecule has 9 nitrogen and oxygen atoms in total. The van der Waals surface area contributed by atoms with E-state index in [0.29, 0.717) is 55.3 Å². The summed E-state index contributed by atoms with van der Waals surface area (Å²) >= 11 is 0. The number of hydrogen-bond acceptors (Lipinski definition) is 5. The van der Waals surface area contributed by atoms with Crippen molar-refractivity contribution in [1.29, 1.82) is 0 Å². The molecule has 0 radical (unpaired) electrons. The predicted molar refractivity (Wildman–Crippen MR) is 120 cm³/mol. The van der Waals surface area contributed by atoms with Crippen molar-refractivity contribution >= 4 is 35.2 Å². The number of benzene rings is 2. The lowest BCUT2D eigenvalue weighted by Crippen LogP contribution is -2.50. The van der Waals surface area contributed by atoms with Crippen LogP contribution in [0.2, 0.25) is 0 Å². The van der Waals surface area contributed by atoms with E-state index in [1.54, 1.807) is 65.3 Å². The first-order valence-electron chi connectivity index (χ1n) is 10.4. The minimum atomic E-state index is -0.378. The molecule has 0 bridgehead atoms. The second-order valence-electron chi connectivity index (χ2n) is 7.24. The molecule has 0 unspecified atom stereocenters. The van der Waals surface area contributed by atoms with Crippen molar-refractivity contribution in [2.24, 2.45) is 0 Å². The third-order valence-electron chi connectivity index (χ3n) is 4.97. The Morgan fingerprint density at radius 1 is 0.875 bits per heavy atom. The summed E-state index contributed by atoms with van der Waals surface area (Å²) in [6, 6.07) is 13.3. The summed E-state index contributed by atoms with van der Waals surface area (Å²) in [5.74, 6) is -0.782. The van der Waals surface area contributed by atoms with E-state index in [1.165, 1.54) is 6.92 Å². The number of carbonyl (C=O) groups excluding carboxylic acids is 4. The molecular weight excluding hydrogens is 412 g/mol. The van der Waals surface area contributed by atoms with Crippen LogP contribution in [-0.4, -0.2) is 66.4 Å². The van der Waals surface area contributed by atoms with Crippen LogP contribution in [0.4, 0.5) is 16.2 Å². The molecule has 1 aliphatic rings. The fourth-order valence-electron chi connectivity index (χ4n) is 3.36. The lowest BCUT2D eigenvalue weighted by molar-refractivity contribution is -0.114. The normalized spacial score (nSPS) is 13.3. The molecule has 1 fully saturated rings. The van der Waals surface area contributed by atoms with E-state index in [4.69, 9.17) is 4.74 Å². The van der Waals surface area contributed by atoms with Crippen LogP contribution in [0.15, 0.2) is 48.5 Å². The minimum absolute atomic E-state index is 0.197. The van der Waals surface area contributed by atoms with E-state index in [1.807, 2.05) is 0 Å². The first kappa shape index (κ1) is 22.8. The van der Waals surface area contributed by atoms with Gasteiger partial charge in [-0.2, -0.15) is 0 Å². The topological polar surface area (TPSA) is 108 Å². The van der Waals surface area contributed by atoms with Gasteiger partial charge in [-0.15, -0.1) is 0 Å². The number of piperazine rings is 1. The van der Waals surface area contributed by atoms with Crippen LogP contribution in [0.3, 0.4) is 0 Å². The molecule has 2 N–H and O–H groups in total. The predicted octanol–water partition coefficient (Wildman–Crippen LogP) is 2.81. The van der Waals surface area contributed by atoms with Crippen molar-refractivity contribution in [2.45, 2.75) is 13.8 Å². The molecule has 2 aromatic rings. The number of anilines is 2. The summed E-state index contributed by atoms with van der Waals surface area (Å²) in [6.45, 7) is 5.00. The Morgan fingerprint density at radius 3 is 2.12 bits per heavy atom. The van der Waals surface area contributed by atoms with Gasteiger partial charge in [0.15, 0.2) is 0 Å². The lowest BCUT2D eigenvalue weighted by Gasteiger charge is -2.34. The fraction of sp³-hybridized carbons (Fsp3) is 0.304. The third-order valence-corrected chi connectivity index (χ3v) is 4.97. The molecule has 0 aliphatic carbocycles. The molecular formula is C23H26N4O5. The van der Waals surface area contributed by atoms with E-state index in [-0.39, 0.29) is 23.8 Å². The maximum Gasteiger partial charge on any atom is 0.409 e. The second kappa shape index (κ2) is 10.4. The Morgan fingerprint density at radius 2 is 1.50 bits per heavy atom. The van der Waals surface area contributed by atoms with Crippen molar-refractivity contribution in [2.75, 3.05) is 43.4 Å². The number of hydrogen-bond donors (Lipinski definition) is 2. The summed E-state index contributed by atoms with van der Waals surface area (Å²) in [5, 5.41) is 5.44. The van der Waals surface area contributed by atoms with Gasteiger partial charge in [0.2, 0.25) is 5.91 Å². The Kier molecular flexibility index (Phi) is 7.43. The Hall–Kier alpha value is -3.88. The Balaban J connectivity index is 1.67. The quantitative estimate of drug-likeness (QED) is 0.746. The molecule has 0 spiro atoms. The molecule has 0 saturated carbocycles. The van der Waals surface area contributed by atoms with Crippen LogP contribution in [0, 0.1) is 0 Å². The zero-order valence-electron chi connectivity index (χ0n) is 18.1. The van der Waals surface area contributed by atoms with E-state index < -0.39 is 0 Å². The Labute approximate surface area is 186 Å². The van der Waals surface area contributed by atoms with E-state index in [0.717, 1.165) is 0 Å². The van der Waals surface area contributed by atoms with Crippen molar-refractivity contribution in [3.8, 4) is 0 Å². The van der Waals surface area contributed by atoms with Crippen molar-refractivity contribution in [3.63, 3.8) is 0 Å². The molecule has 1 saturated heterocycles. The summed E-state index contributed by atoms with van der Waals surface area (Å²) < 4.78 is 5.01. The standard InChI is InChI=1S/C23H26N4O5/c1-3-32-23(31)27-14-12-26(13-15-27)22(30)19-6-4-5-7-20(19)25-21(29)17-8-10-18(11-9-17)24-16(2)28/h4-11H,3,12-15H2,1-2H3,(H,24,28)(H,25,29). The van der Waals surface area contributed by atoms with Gasteiger partial charge < -0.3 is 25.2 Å². The monoisotopic (exact) mass is 438 g/mol. The van der Waals surface area contributed by atoms with Crippen LogP contribution < -0.4 is 10.6 Å². The zero-order chi connectivity index (χ0) is 23.1. The van der Waals surface area contributed by atoms with E-state index >= 15 is 0 Å². The second-order valence-corrected chi connectivity index (χ2v) is 7.24. The largest absolute Gasteiger partial charge is 0.450 e. The molecule has 0 aromatic heterocycles. The molecule has 3 rings (SSSR count). The number of amides is 4. The number of ether oxygens (including phenoxy) is 1. The lowest BCUT2D eigenvalue weighted by atomic mass is 10.1. The Bertz CT molecular complexity index is 998. The molecule has 9 heteroatoms. The van der Waals surface area contributed by atoms with Gasteiger partial charge in [0.05, 0.1) is 17.9 Å². The minimum Gasteiger partial charge on any atom is -0.450 e. The van der Waals surface area contributed by atoms with Crippen LogP contribution in [0.5, 0.6) is 0 Å². The smallest absolute Gasteiger partial charge is 0.409 e. The van der Waals surface area contributed by atoms with E-state index in [2.05, 4.69) is 10.6 Å². The van der Waals surface area contributed by atoms with Crippen molar-refractivity contribution in [1.82, 2.24) is 9.80 Å². The highest BCUT2D eigenvalue weighted by atomic mass is 16.6.